The van der Waals surface area contributed by atoms with E-state index in [2.05, 4.69) is 6.07 Å². The number of nitrogens with zero attached hydrogens (tertiary/aromatic N) is 2. The van der Waals surface area contributed by atoms with Gasteiger partial charge in [-0.2, -0.15) is 5.26 Å². The van der Waals surface area contributed by atoms with Crippen molar-refractivity contribution in [3.8, 4) is 11.8 Å². The predicted octanol–water partition coefficient (Wildman–Crippen LogP) is 5.10. The Balaban J connectivity index is 1.79. The second-order valence-corrected chi connectivity index (χ2v) is 6.38. The molecule has 0 spiro atoms. The zero-order valence-corrected chi connectivity index (χ0v) is 15.9. The number of hydrogen-bond acceptors (Lipinski definition) is 3. The Labute approximate surface area is 169 Å². The molecule has 140 valence electrons. The minimum atomic E-state index is -0.781. The minimum Gasteiger partial charge on any atom is -0.489 e. The molecule has 0 heterocycles. The largest absolute Gasteiger partial charge is 0.489 e. The zero-order chi connectivity index (χ0) is 19.8. The summed E-state index contributed by atoms with van der Waals surface area (Å²) < 4.78 is 5.79. The standard InChI is InChI=1S/C23H19ClN2O2/c24-15-23(27)26(20-9-5-2-6-10-20)22(16-25)19-11-13-21(14-12-19)28-17-18-7-3-1-4-8-18/h1-14,22H,15,17H2/t22-/m1/s1. The van der Waals surface area contributed by atoms with Gasteiger partial charge in [0.1, 0.15) is 24.3 Å². The van der Waals surface area contributed by atoms with Gasteiger partial charge in [-0.15, -0.1) is 11.6 Å². The highest BCUT2D eigenvalue weighted by Gasteiger charge is 2.26. The number of ether oxygens (including phenoxy) is 1. The summed E-state index contributed by atoms with van der Waals surface area (Å²) in [6, 6.07) is 27.6. The average Bonchev–Trinajstić information content (AvgIpc) is 2.77. The lowest BCUT2D eigenvalue weighted by atomic mass is 10.1. The molecule has 0 aliphatic heterocycles. The molecule has 0 aliphatic rings. The molecule has 1 atom stereocenters. The van der Waals surface area contributed by atoms with Crippen molar-refractivity contribution in [2.24, 2.45) is 0 Å². The number of alkyl halides is 1. The predicted molar refractivity (Wildman–Crippen MR) is 110 cm³/mol. The first-order valence-corrected chi connectivity index (χ1v) is 9.35. The molecule has 0 aliphatic carbocycles. The molecule has 0 unspecified atom stereocenters. The molecule has 0 bridgehead atoms. The summed E-state index contributed by atoms with van der Waals surface area (Å²) >= 11 is 5.79. The molecule has 0 saturated heterocycles. The number of halogens is 1. The van der Waals surface area contributed by atoms with E-state index in [1.54, 1.807) is 36.4 Å². The summed E-state index contributed by atoms with van der Waals surface area (Å²) in [4.78, 5) is 13.9. The van der Waals surface area contributed by atoms with Gasteiger partial charge in [-0.05, 0) is 35.4 Å². The third-order valence-corrected chi connectivity index (χ3v) is 4.47. The lowest BCUT2D eigenvalue weighted by molar-refractivity contribution is -0.116. The van der Waals surface area contributed by atoms with Crippen LogP contribution in [-0.4, -0.2) is 11.8 Å². The highest BCUT2D eigenvalue weighted by molar-refractivity contribution is 6.29. The van der Waals surface area contributed by atoms with Crippen LogP contribution in [-0.2, 0) is 11.4 Å². The van der Waals surface area contributed by atoms with Crippen LogP contribution in [0.1, 0.15) is 17.2 Å². The van der Waals surface area contributed by atoms with Crippen LogP contribution >= 0.6 is 11.6 Å². The molecule has 4 nitrogen and oxygen atoms in total. The fourth-order valence-corrected chi connectivity index (χ4v) is 2.99. The summed E-state index contributed by atoms with van der Waals surface area (Å²) in [6.07, 6.45) is 0. The van der Waals surface area contributed by atoms with Crippen molar-refractivity contribution in [3.63, 3.8) is 0 Å². The summed E-state index contributed by atoms with van der Waals surface area (Å²) in [5.41, 5.74) is 2.39. The number of rotatable bonds is 7. The Kier molecular flexibility index (Phi) is 6.67. The Morgan fingerprint density at radius 2 is 1.57 bits per heavy atom. The van der Waals surface area contributed by atoms with Crippen molar-refractivity contribution in [2.75, 3.05) is 10.8 Å². The van der Waals surface area contributed by atoms with Crippen LogP contribution in [0.2, 0.25) is 0 Å². The molecule has 3 rings (SSSR count). The van der Waals surface area contributed by atoms with E-state index in [9.17, 15) is 10.1 Å². The number of carbonyl (C=O) groups is 1. The summed E-state index contributed by atoms with van der Waals surface area (Å²) in [7, 11) is 0. The van der Waals surface area contributed by atoms with E-state index in [1.807, 2.05) is 48.5 Å². The van der Waals surface area contributed by atoms with Crippen molar-refractivity contribution < 1.29 is 9.53 Å². The molecule has 3 aromatic carbocycles. The van der Waals surface area contributed by atoms with Crippen molar-refractivity contribution in [1.82, 2.24) is 0 Å². The normalized spacial score (nSPS) is 11.3. The van der Waals surface area contributed by atoms with Gasteiger partial charge in [0.15, 0.2) is 0 Å². The van der Waals surface area contributed by atoms with Crippen LogP contribution < -0.4 is 9.64 Å². The van der Waals surface area contributed by atoms with Gasteiger partial charge >= 0.3 is 0 Å². The zero-order valence-electron chi connectivity index (χ0n) is 15.2. The summed E-state index contributed by atoms with van der Waals surface area (Å²) in [5, 5.41) is 9.76. The topological polar surface area (TPSA) is 53.3 Å². The van der Waals surface area contributed by atoms with Gasteiger partial charge in [0, 0.05) is 5.69 Å². The number of para-hydroxylation sites is 1. The van der Waals surface area contributed by atoms with Crippen molar-refractivity contribution in [2.45, 2.75) is 12.6 Å². The number of nitriles is 1. The number of amides is 1. The van der Waals surface area contributed by atoms with Gasteiger partial charge in [0.2, 0.25) is 5.91 Å². The SMILES string of the molecule is N#C[C@H](c1ccc(OCc2ccccc2)cc1)N(C(=O)CCl)c1ccccc1. The van der Waals surface area contributed by atoms with Gasteiger partial charge < -0.3 is 4.74 Å². The van der Waals surface area contributed by atoms with Crippen molar-refractivity contribution in [3.05, 3.63) is 96.1 Å². The van der Waals surface area contributed by atoms with E-state index in [0.717, 1.165) is 5.56 Å². The van der Waals surface area contributed by atoms with Crippen molar-refractivity contribution >= 4 is 23.2 Å². The average molecular weight is 391 g/mol. The number of anilines is 1. The van der Waals surface area contributed by atoms with E-state index in [-0.39, 0.29) is 11.8 Å². The molecule has 0 saturated carbocycles. The van der Waals surface area contributed by atoms with Gasteiger partial charge in [0.05, 0.1) is 6.07 Å². The molecule has 0 aromatic heterocycles. The summed E-state index contributed by atoms with van der Waals surface area (Å²) in [5.74, 6) is 0.161. The van der Waals surface area contributed by atoms with Crippen LogP contribution in [0.5, 0.6) is 5.75 Å². The lowest BCUT2D eigenvalue weighted by Crippen LogP contribution is -2.35. The third-order valence-electron chi connectivity index (χ3n) is 4.24. The van der Waals surface area contributed by atoms with Crippen LogP contribution in [0.25, 0.3) is 0 Å². The highest BCUT2D eigenvalue weighted by Crippen LogP contribution is 2.28. The first-order chi connectivity index (χ1) is 13.7. The molecule has 5 heteroatoms. The Morgan fingerprint density at radius 1 is 0.964 bits per heavy atom. The quantitative estimate of drug-likeness (QED) is 0.527. The number of carbonyl (C=O) groups excluding carboxylic acids is 1. The first kappa shape index (κ1) is 19.5. The minimum absolute atomic E-state index is 0.203. The second-order valence-electron chi connectivity index (χ2n) is 6.11. The van der Waals surface area contributed by atoms with E-state index < -0.39 is 6.04 Å². The summed E-state index contributed by atoms with van der Waals surface area (Å²) in [6.45, 7) is 0.461. The van der Waals surface area contributed by atoms with Crippen LogP contribution in [0.3, 0.4) is 0 Å². The van der Waals surface area contributed by atoms with Crippen LogP contribution in [0.4, 0.5) is 5.69 Å². The van der Waals surface area contributed by atoms with Crippen molar-refractivity contribution in [1.29, 1.82) is 5.26 Å². The lowest BCUT2D eigenvalue weighted by Gasteiger charge is -2.27. The highest BCUT2D eigenvalue weighted by atomic mass is 35.5. The van der Waals surface area contributed by atoms with E-state index in [4.69, 9.17) is 16.3 Å². The number of hydrogen-bond donors (Lipinski definition) is 0. The number of benzene rings is 3. The first-order valence-electron chi connectivity index (χ1n) is 8.82. The molecule has 0 fully saturated rings. The smallest absolute Gasteiger partial charge is 0.243 e. The maximum atomic E-state index is 12.4. The van der Waals surface area contributed by atoms with E-state index >= 15 is 0 Å². The van der Waals surface area contributed by atoms with E-state index in [0.29, 0.717) is 23.6 Å². The maximum Gasteiger partial charge on any atom is 0.243 e. The molecule has 3 aromatic rings. The van der Waals surface area contributed by atoms with Crippen LogP contribution in [0.15, 0.2) is 84.9 Å². The molecule has 28 heavy (non-hydrogen) atoms. The Morgan fingerprint density at radius 3 is 2.14 bits per heavy atom. The maximum absolute atomic E-state index is 12.4. The monoisotopic (exact) mass is 390 g/mol. The second kappa shape index (κ2) is 9.59. The van der Waals surface area contributed by atoms with Crippen LogP contribution in [0, 0.1) is 11.3 Å². The molecular weight excluding hydrogens is 372 g/mol. The molecule has 0 N–H and O–H groups in total. The third kappa shape index (κ3) is 4.70. The fraction of sp³-hybridized carbons (Fsp3) is 0.130. The molecule has 1 amide bonds. The van der Waals surface area contributed by atoms with E-state index in [1.165, 1.54) is 4.90 Å². The Hall–Kier alpha value is -3.29. The van der Waals surface area contributed by atoms with Gasteiger partial charge in [-0.1, -0.05) is 60.7 Å². The molecule has 0 radical (unpaired) electrons. The van der Waals surface area contributed by atoms with Gasteiger partial charge in [0.25, 0.3) is 0 Å². The fourth-order valence-electron chi connectivity index (χ4n) is 2.86. The Bertz CT molecular complexity index is 938. The van der Waals surface area contributed by atoms with Gasteiger partial charge in [-0.25, -0.2) is 0 Å². The molecular formula is C23H19ClN2O2. The van der Waals surface area contributed by atoms with Gasteiger partial charge in [-0.3, -0.25) is 9.69 Å².